The van der Waals surface area contributed by atoms with Crippen molar-refractivity contribution in [3.8, 4) is 6.07 Å². The second kappa shape index (κ2) is 4.09. The van der Waals surface area contributed by atoms with Crippen molar-refractivity contribution in [1.82, 2.24) is 0 Å². The summed E-state index contributed by atoms with van der Waals surface area (Å²) in [5, 5.41) is 10.3. The van der Waals surface area contributed by atoms with Crippen LogP contribution in [-0.4, -0.2) is 6.61 Å². The zero-order valence-electron chi connectivity index (χ0n) is 5.91. The molecule has 2 N–H and O–H groups in total. The highest BCUT2D eigenvalue weighted by Crippen LogP contribution is 2.13. The first kappa shape index (κ1) is 8.21. The molecule has 11 heavy (non-hydrogen) atoms. The summed E-state index contributed by atoms with van der Waals surface area (Å²) in [4.78, 5) is 5.54. The Morgan fingerprint density at radius 1 is 1.73 bits per heavy atom. The van der Waals surface area contributed by atoms with Crippen molar-refractivity contribution in [2.75, 3.05) is 6.61 Å². The SMILES string of the molecule is N#Cc1csc(CCON)c1. The fraction of sp³-hybridized carbons (Fsp3) is 0.286. The highest BCUT2D eigenvalue weighted by molar-refractivity contribution is 7.10. The third-order valence-corrected chi connectivity index (χ3v) is 2.25. The third kappa shape index (κ3) is 2.31. The Kier molecular flexibility index (Phi) is 3.05. The maximum absolute atomic E-state index is 8.48. The van der Waals surface area contributed by atoms with E-state index in [0.29, 0.717) is 12.2 Å². The van der Waals surface area contributed by atoms with Gasteiger partial charge in [-0.1, -0.05) is 0 Å². The Bertz CT molecular complexity index is 264. The van der Waals surface area contributed by atoms with Crippen LogP contribution in [0.4, 0.5) is 0 Å². The molecule has 4 heteroatoms. The van der Waals surface area contributed by atoms with Gasteiger partial charge >= 0.3 is 0 Å². The van der Waals surface area contributed by atoms with Gasteiger partial charge in [0.15, 0.2) is 0 Å². The summed E-state index contributed by atoms with van der Waals surface area (Å²) in [6, 6.07) is 3.91. The van der Waals surface area contributed by atoms with E-state index in [0.717, 1.165) is 11.3 Å². The van der Waals surface area contributed by atoms with Gasteiger partial charge in [0.2, 0.25) is 0 Å². The van der Waals surface area contributed by atoms with Crippen LogP contribution in [-0.2, 0) is 11.3 Å². The minimum atomic E-state index is 0.505. The van der Waals surface area contributed by atoms with Crippen LogP contribution in [0.3, 0.4) is 0 Å². The van der Waals surface area contributed by atoms with Crippen molar-refractivity contribution in [1.29, 1.82) is 5.26 Å². The van der Waals surface area contributed by atoms with E-state index in [2.05, 4.69) is 10.9 Å². The Hall–Kier alpha value is -0.890. The molecular formula is C7H8N2OS. The summed E-state index contributed by atoms with van der Waals surface area (Å²) in [5.74, 6) is 4.86. The van der Waals surface area contributed by atoms with E-state index in [1.807, 2.05) is 11.4 Å². The molecule has 0 radical (unpaired) electrons. The van der Waals surface area contributed by atoms with E-state index in [4.69, 9.17) is 11.2 Å². The molecule has 1 rings (SSSR count). The maximum atomic E-state index is 8.48. The second-order valence-electron chi connectivity index (χ2n) is 2.03. The molecule has 0 atom stereocenters. The smallest absolute Gasteiger partial charge is 0.100 e. The van der Waals surface area contributed by atoms with Crippen molar-refractivity contribution in [2.45, 2.75) is 6.42 Å². The lowest BCUT2D eigenvalue weighted by atomic mass is 10.3. The molecule has 0 bridgehead atoms. The van der Waals surface area contributed by atoms with E-state index in [1.165, 1.54) is 0 Å². The maximum Gasteiger partial charge on any atom is 0.100 e. The number of hydrogen-bond acceptors (Lipinski definition) is 4. The monoisotopic (exact) mass is 168 g/mol. The number of nitrogens with two attached hydrogens (primary N) is 1. The molecule has 0 aliphatic carbocycles. The molecule has 0 saturated heterocycles. The van der Waals surface area contributed by atoms with Crippen LogP contribution in [0.5, 0.6) is 0 Å². The molecule has 1 aromatic rings. The van der Waals surface area contributed by atoms with Crippen molar-refractivity contribution in [2.24, 2.45) is 5.90 Å². The van der Waals surface area contributed by atoms with Crippen molar-refractivity contribution in [3.05, 3.63) is 21.9 Å². The first-order valence-electron chi connectivity index (χ1n) is 3.16. The van der Waals surface area contributed by atoms with Crippen LogP contribution in [0.25, 0.3) is 0 Å². The lowest BCUT2D eigenvalue weighted by Gasteiger charge is -1.92. The van der Waals surface area contributed by atoms with Gasteiger partial charge < -0.3 is 4.84 Å². The molecule has 0 aliphatic heterocycles. The molecule has 1 aromatic heterocycles. The fourth-order valence-corrected chi connectivity index (χ4v) is 1.53. The quantitative estimate of drug-likeness (QED) is 0.686. The van der Waals surface area contributed by atoms with Gasteiger partial charge in [-0.25, -0.2) is 5.90 Å². The van der Waals surface area contributed by atoms with E-state index in [-0.39, 0.29) is 0 Å². The summed E-state index contributed by atoms with van der Waals surface area (Å²) >= 11 is 1.56. The summed E-state index contributed by atoms with van der Waals surface area (Å²) in [7, 11) is 0. The van der Waals surface area contributed by atoms with Crippen LogP contribution in [0.15, 0.2) is 11.4 Å². The van der Waals surface area contributed by atoms with Crippen LogP contribution < -0.4 is 5.90 Å². The number of rotatable bonds is 3. The Morgan fingerprint density at radius 2 is 2.55 bits per heavy atom. The molecule has 0 fully saturated rings. The largest absolute Gasteiger partial charge is 0.304 e. The molecule has 0 aliphatic rings. The topological polar surface area (TPSA) is 59.0 Å². The molecule has 0 unspecified atom stereocenters. The summed E-state index contributed by atoms with van der Waals surface area (Å²) < 4.78 is 0. The van der Waals surface area contributed by atoms with Crippen LogP contribution in [0, 0.1) is 11.3 Å². The van der Waals surface area contributed by atoms with Gasteiger partial charge in [0, 0.05) is 16.7 Å². The average molecular weight is 168 g/mol. The predicted octanol–water partition coefficient (Wildman–Crippen LogP) is 1.05. The normalized spacial score (nSPS) is 9.45. The molecule has 58 valence electrons. The number of hydrogen-bond donors (Lipinski definition) is 1. The molecule has 0 amide bonds. The van der Waals surface area contributed by atoms with Crippen molar-refractivity contribution in [3.63, 3.8) is 0 Å². The second-order valence-corrected chi connectivity index (χ2v) is 3.03. The lowest BCUT2D eigenvalue weighted by Crippen LogP contribution is -2.02. The van der Waals surface area contributed by atoms with Gasteiger partial charge in [-0.2, -0.15) is 5.26 Å². The first-order chi connectivity index (χ1) is 5.36. The molecular weight excluding hydrogens is 160 g/mol. The first-order valence-corrected chi connectivity index (χ1v) is 4.04. The molecule has 0 spiro atoms. The highest BCUT2D eigenvalue weighted by Gasteiger charge is 1.97. The minimum absolute atomic E-state index is 0.505. The minimum Gasteiger partial charge on any atom is -0.304 e. The van der Waals surface area contributed by atoms with Crippen molar-refractivity contribution >= 4 is 11.3 Å². The van der Waals surface area contributed by atoms with Crippen LogP contribution >= 0.6 is 11.3 Å². The van der Waals surface area contributed by atoms with E-state index in [9.17, 15) is 0 Å². The zero-order chi connectivity index (χ0) is 8.10. The Labute approximate surface area is 69.0 Å². The van der Waals surface area contributed by atoms with Gasteiger partial charge in [-0.15, -0.1) is 11.3 Å². The molecule has 0 saturated carbocycles. The fourth-order valence-electron chi connectivity index (χ4n) is 0.730. The summed E-state index contributed by atoms with van der Waals surface area (Å²) in [6.45, 7) is 0.505. The standard InChI is InChI=1S/C7H8N2OS/c8-4-6-3-7(11-5-6)1-2-10-9/h3,5H,1-2,9H2. The van der Waals surface area contributed by atoms with Gasteiger partial charge in [0.05, 0.1) is 12.2 Å². The van der Waals surface area contributed by atoms with E-state index < -0.39 is 0 Å². The third-order valence-electron chi connectivity index (χ3n) is 1.25. The van der Waals surface area contributed by atoms with Crippen LogP contribution in [0.1, 0.15) is 10.4 Å². The average Bonchev–Trinajstić information content (AvgIpc) is 2.48. The summed E-state index contributed by atoms with van der Waals surface area (Å²) in [5.41, 5.74) is 0.710. The number of nitrogens with zero attached hydrogens (tertiary/aromatic N) is 1. The van der Waals surface area contributed by atoms with Crippen LogP contribution in [0.2, 0.25) is 0 Å². The summed E-state index contributed by atoms with van der Waals surface area (Å²) in [6.07, 6.45) is 0.781. The lowest BCUT2D eigenvalue weighted by molar-refractivity contribution is 0.142. The van der Waals surface area contributed by atoms with E-state index >= 15 is 0 Å². The Balaban J connectivity index is 2.53. The van der Waals surface area contributed by atoms with Gasteiger partial charge in [0.1, 0.15) is 6.07 Å². The molecule has 0 aromatic carbocycles. The number of thiophene rings is 1. The zero-order valence-corrected chi connectivity index (χ0v) is 6.73. The number of nitriles is 1. The van der Waals surface area contributed by atoms with Gasteiger partial charge in [-0.3, -0.25) is 0 Å². The Morgan fingerprint density at radius 3 is 3.09 bits per heavy atom. The van der Waals surface area contributed by atoms with Crippen molar-refractivity contribution < 1.29 is 4.84 Å². The highest BCUT2D eigenvalue weighted by atomic mass is 32.1. The predicted molar refractivity (Wildman–Crippen MR) is 42.9 cm³/mol. The molecule has 3 nitrogen and oxygen atoms in total. The van der Waals surface area contributed by atoms with Gasteiger partial charge in [-0.05, 0) is 6.07 Å². The van der Waals surface area contributed by atoms with Gasteiger partial charge in [0.25, 0.3) is 0 Å². The molecule has 1 heterocycles. The van der Waals surface area contributed by atoms with E-state index in [1.54, 1.807) is 11.3 Å².